The van der Waals surface area contributed by atoms with Crippen LogP contribution in [0.5, 0.6) is 0 Å². The summed E-state index contributed by atoms with van der Waals surface area (Å²) in [6.07, 6.45) is 1.48. The molecule has 0 saturated heterocycles. The molecule has 0 saturated carbocycles. The second-order valence-corrected chi connectivity index (χ2v) is 6.76. The summed E-state index contributed by atoms with van der Waals surface area (Å²) in [6.45, 7) is 0. The van der Waals surface area contributed by atoms with Gasteiger partial charge in [0.05, 0.1) is 0 Å². The van der Waals surface area contributed by atoms with Gasteiger partial charge >= 0.3 is 0 Å². The molecule has 1 aliphatic rings. The second kappa shape index (κ2) is 7.64. The van der Waals surface area contributed by atoms with Crippen molar-refractivity contribution in [3.05, 3.63) is 82.9 Å². The second-order valence-electron chi connectivity index (χ2n) is 6.76. The molecule has 3 N–H and O–H groups in total. The van der Waals surface area contributed by atoms with E-state index in [4.69, 9.17) is 0 Å². The highest BCUT2D eigenvalue weighted by atomic mass is 19.1. The molecule has 0 spiro atoms. The number of hydrogen-bond donors (Lipinski definition) is 3. The predicted molar refractivity (Wildman–Crippen MR) is 102 cm³/mol. The lowest BCUT2D eigenvalue weighted by Crippen LogP contribution is -2.43. The molecule has 0 radical (unpaired) electrons. The molecule has 7 heteroatoms. The summed E-state index contributed by atoms with van der Waals surface area (Å²) in [7, 11) is 0. The summed E-state index contributed by atoms with van der Waals surface area (Å²) in [6, 6.07) is 15.0. The van der Waals surface area contributed by atoms with Crippen molar-refractivity contribution < 1.29 is 14.0 Å². The fourth-order valence-corrected chi connectivity index (χ4v) is 3.30. The minimum atomic E-state index is -0.647. The van der Waals surface area contributed by atoms with Crippen LogP contribution in [0.15, 0.2) is 54.6 Å². The highest BCUT2D eigenvalue weighted by Crippen LogP contribution is 2.21. The van der Waals surface area contributed by atoms with E-state index in [9.17, 15) is 14.0 Å². The molecular weight excluding hydrogens is 359 g/mol. The number of nitrogens with one attached hydrogen (secondary N) is 3. The van der Waals surface area contributed by atoms with E-state index < -0.39 is 11.9 Å². The minimum absolute atomic E-state index is 0.168. The van der Waals surface area contributed by atoms with E-state index in [0.29, 0.717) is 30.5 Å². The number of anilines is 1. The van der Waals surface area contributed by atoms with E-state index in [1.54, 1.807) is 24.3 Å². The number of aromatic nitrogens is 2. The number of halogens is 1. The smallest absolute Gasteiger partial charge is 0.272 e. The van der Waals surface area contributed by atoms with Crippen molar-refractivity contribution in [2.75, 3.05) is 5.32 Å². The van der Waals surface area contributed by atoms with Crippen molar-refractivity contribution in [2.24, 2.45) is 0 Å². The lowest BCUT2D eigenvalue weighted by molar-refractivity contribution is -0.118. The quantitative estimate of drug-likeness (QED) is 0.652. The predicted octanol–water partition coefficient (Wildman–Crippen LogP) is 2.82. The third kappa shape index (κ3) is 3.78. The number of carbonyl (C=O) groups excluding carboxylic acids is 2. The lowest BCUT2D eigenvalue weighted by atomic mass is 10.1. The largest absolute Gasteiger partial charge is 0.339 e. The van der Waals surface area contributed by atoms with E-state index in [1.165, 1.54) is 6.07 Å². The summed E-state index contributed by atoms with van der Waals surface area (Å²) in [5.74, 6) is -1.000. The number of hydrogen-bond acceptors (Lipinski definition) is 3. The molecule has 6 nitrogen and oxygen atoms in total. The van der Waals surface area contributed by atoms with Crippen LogP contribution in [0.3, 0.4) is 0 Å². The first-order chi connectivity index (χ1) is 13.6. The van der Waals surface area contributed by atoms with Gasteiger partial charge in [-0.05, 0) is 42.2 Å². The Morgan fingerprint density at radius 3 is 2.82 bits per heavy atom. The van der Waals surface area contributed by atoms with E-state index in [-0.39, 0.29) is 17.4 Å². The maximum Gasteiger partial charge on any atom is 0.272 e. The SMILES string of the molecule is O=C(NC1CCc2ccccc2NC1=O)c1cc(Cc2ccccc2F)[nH]n1. The first-order valence-corrected chi connectivity index (χ1v) is 9.07. The zero-order valence-electron chi connectivity index (χ0n) is 15.0. The highest BCUT2D eigenvalue weighted by Gasteiger charge is 2.26. The number of para-hydroxylation sites is 1. The maximum absolute atomic E-state index is 13.8. The molecule has 0 aliphatic carbocycles. The van der Waals surface area contributed by atoms with Gasteiger partial charge in [0.1, 0.15) is 17.6 Å². The molecule has 2 amide bonds. The third-order valence-corrected chi connectivity index (χ3v) is 4.80. The number of fused-ring (bicyclic) bond motifs is 1. The number of benzene rings is 2. The number of rotatable bonds is 4. The van der Waals surface area contributed by atoms with Crippen molar-refractivity contribution in [3.8, 4) is 0 Å². The van der Waals surface area contributed by atoms with Gasteiger partial charge in [-0.1, -0.05) is 36.4 Å². The fourth-order valence-electron chi connectivity index (χ4n) is 3.30. The van der Waals surface area contributed by atoms with E-state index >= 15 is 0 Å². The molecule has 1 aromatic heterocycles. The van der Waals surface area contributed by atoms with Gasteiger partial charge in [-0.2, -0.15) is 5.10 Å². The van der Waals surface area contributed by atoms with E-state index in [1.807, 2.05) is 24.3 Å². The maximum atomic E-state index is 13.8. The number of aryl methyl sites for hydroxylation is 1. The monoisotopic (exact) mass is 378 g/mol. The summed E-state index contributed by atoms with van der Waals surface area (Å²) >= 11 is 0. The van der Waals surface area contributed by atoms with Crippen molar-refractivity contribution in [3.63, 3.8) is 0 Å². The zero-order valence-corrected chi connectivity index (χ0v) is 15.0. The van der Waals surface area contributed by atoms with Crippen LogP contribution in [0.2, 0.25) is 0 Å². The van der Waals surface area contributed by atoms with Crippen molar-refractivity contribution >= 4 is 17.5 Å². The van der Waals surface area contributed by atoms with Gasteiger partial charge in [0.15, 0.2) is 0 Å². The summed E-state index contributed by atoms with van der Waals surface area (Å²) < 4.78 is 13.8. The fraction of sp³-hybridized carbons (Fsp3) is 0.190. The van der Waals surface area contributed by atoms with Gasteiger partial charge in [0, 0.05) is 17.8 Å². The van der Waals surface area contributed by atoms with Crippen LogP contribution in [-0.2, 0) is 17.6 Å². The standard InChI is InChI=1S/C21H19FN4O2/c22-16-7-3-1-6-14(16)11-15-12-19(26-25-15)21(28)24-18-10-9-13-5-2-4-8-17(13)23-20(18)27/h1-8,12,18H,9-11H2,(H,23,27)(H,24,28)(H,25,26). The van der Waals surface area contributed by atoms with Crippen LogP contribution in [0.25, 0.3) is 0 Å². The third-order valence-electron chi connectivity index (χ3n) is 4.80. The van der Waals surface area contributed by atoms with Crippen LogP contribution < -0.4 is 10.6 Å². The highest BCUT2D eigenvalue weighted by molar-refractivity contribution is 6.01. The molecule has 1 atom stereocenters. The zero-order chi connectivity index (χ0) is 19.5. The van der Waals surface area contributed by atoms with Gasteiger partial charge < -0.3 is 10.6 Å². The van der Waals surface area contributed by atoms with E-state index in [0.717, 1.165) is 11.3 Å². The van der Waals surface area contributed by atoms with Crippen LogP contribution in [0.1, 0.15) is 33.7 Å². The lowest BCUT2D eigenvalue weighted by Gasteiger charge is -2.14. The molecule has 1 aliphatic heterocycles. The van der Waals surface area contributed by atoms with Crippen molar-refractivity contribution in [1.82, 2.24) is 15.5 Å². The van der Waals surface area contributed by atoms with Crippen LogP contribution in [0, 0.1) is 5.82 Å². The number of amides is 2. The van der Waals surface area contributed by atoms with Gasteiger partial charge in [0.2, 0.25) is 5.91 Å². The Morgan fingerprint density at radius 2 is 1.96 bits per heavy atom. The molecular formula is C21H19FN4O2. The summed E-state index contributed by atoms with van der Waals surface area (Å²) in [5, 5.41) is 12.4. The Kier molecular flexibility index (Phi) is 4.89. The van der Waals surface area contributed by atoms with Gasteiger partial charge in [-0.25, -0.2) is 4.39 Å². The topological polar surface area (TPSA) is 86.9 Å². The Labute approximate surface area is 161 Å². The van der Waals surface area contributed by atoms with Gasteiger partial charge in [-0.3, -0.25) is 14.7 Å². The first kappa shape index (κ1) is 17.9. The van der Waals surface area contributed by atoms with Crippen molar-refractivity contribution in [2.45, 2.75) is 25.3 Å². The Balaban J connectivity index is 1.42. The first-order valence-electron chi connectivity index (χ1n) is 9.07. The Morgan fingerprint density at radius 1 is 1.18 bits per heavy atom. The Bertz CT molecular complexity index is 1030. The van der Waals surface area contributed by atoms with Crippen LogP contribution in [-0.4, -0.2) is 28.1 Å². The molecule has 4 rings (SSSR count). The molecule has 0 fully saturated rings. The molecule has 2 heterocycles. The summed E-state index contributed by atoms with van der Waals surface area (Å²) in [5.41, 5.74) is 3.11. The van der Waals surface area contributed by atoms with Gasteiger partial charge in [0.25, 0.3) is 5.91 Å². The molecule has 1 unspecified atom stereocenters. The van der Waals surface area contributed by atoms with Crippen molar-refractivity contribution in [1.29, 1.82) is 0 Å². The number of aromatic amines is 1. The number of carbonyl (C=O) groups is 2. The average Bonchev–Trinajstić information content (AvgIpc) is 3.10. The van der Waals surface area contributed by atoms with E-state index in [2.05, 4.69) is 20.8 Å². The van der Waals surface area contributed by atoms with Crippen LogP contribution in [0.4, 0.5) is 10.1 Å². The number of H-pyrrole nitrogens is 1. The van der Waals surface area contributed by atoms with Crippen LogP contribution >= 0.6 is 0 Å². The summed E-state index contributed by atoms with van der Waals surface area (Å²) in [4.78, 5) is 25.0. The molecule has 142 valence electrons. The van der Waals surface area contributed by atoms with Gasteiger partial charge in [-0.15, -0.1) is 0 Å². The molecule has 0 bridgehead atoms. The molecule has 2 aromatic carbocycles. The normalized spacial score (nSPS) is 16.0. The average molecular weight is 378 g/mol. The molecule has 3 aromatic rings. The minimum Gasteiger partial charge on any atom is -0.339 e. The number of nitrogens with zero attached hydrogens (tertiary/aromatic N) is 1. The Hall–Kier alpha value is -3.48. The molecule has 28 heavy (non-hydrogen) atoms.